The number of rotatable bonds is 10. The van der Waals surface area contributed by atoms with E-state index in [1.54, 1.807) is 0 Å². The molecule has 0 unspecified atom stereocenters. The molecule has 0 spiro atoms. The average Bonchev–Trinajstić information content (AvgIpc) is 3.92. The van der Waals surface area contributed by atoms with Crippen LogP contribution in [-0.4, -0.2) is 42.1 Å². The molecular formula is C48H62O3Si2. The molecule has 280 valence electrons. The van der Waals surface area contributed by atoms with Gasteiger partial charge in [0.05, 0.1) is 12.2 Å². The molecule has 0 amide bonds. The van der Waals surface area contributed by atoms with Gasteiger partial charge in [-0.1, -0.05) is 163 Å². The van der Waals surface area contributed by atoms with Gasteiger partial charge in [-0.3, -0.25) is 0 Å². The molecule has 5 heteroatoms. The normalized spacial score (nSPS) is 28.7. The van der Waals surface area contributed by atoms with Crippen molar-refractivity contribution < 1.29 is 13.6 Å². The van der Waals surface area contributed by atoms with Gasteiger partial charge in [-0.2, -0.15) is 0 Å². The lowest BCUT2D eigenvalue weighted by Gasteiger charge is -2.51. The average molecular weight is 743 g/mol. The molecule has 0 radical (unpaired) electrons. The van der Waals surface area contributed by atoms with Crippen LogP contribution in [0.4, 0.5) is 0 Å². The first-order valence-corrected chi connectivity index (χ1v) is 24.5. The molecule has 4 aromatic rings. The van der Waals surface area contributed by atoms with Crippen LogP contribution in [0.15, 0.2) is 121 Å². The lowest BCUT2D eigenvalue weighted by Crippen LogP contribution is -2.67. The van der Waals surface area contributed by atoms with Crippen molar-refractivity contribution in [2.75, 3.05) is 13.2 Å². The summed E-state index contributed by atoms with van der Waals surface area (Å²) in [6, 6.07) is 44.9. The van der Waals surface area contributed by atoms with Crippen LogP contribution >= 0.6 is 0 Å². The summed E-state index contributed by atoms with van der Waals surface area (Å²) >= 11 is 0. The molecule has 0 N–H and O–H groups in total. The van der Waals surface area contributed by atoms with E-state index in [0.29, 0.717) is 24.0 Å². The van der Waals surface area contributed by atoms with Gasteiger partial charge in [-0.05, 0) is 105 Å². The Bertz CT molecular complexity index is 1570. The van der Waals surface area contributed by atoms with Crippen LogP contribution < -0.4 is 20.7 Å². The lowest BCUT2D eigenvalue weighted by molar-refractivity contribution is -0.0136. The second kappa shape index (κ2) is 14.7. The van der Waals surface area contributed by atoms with Gasteiger partial charge in [0.2, 0.25) is 0 Å². The summed E-state index contributed by atoms with van der Waals surface area (Å²) in [5.74, 6) is 4.10. The predicted octanol–water partition coefficient (Wildman–Crippen LogP) is 8.99. The maximum absolute atomic E-state index is 7.79. The fourth-order valence-corrected chi connectivity index (χ4v) is 20.7. The minimum Gasteiger partial charge on any atom is -0.407 e. The number of ether oxygens (including phenoxy) is 1. The first kappa shape index (κ1) is 37.1. The highest BCUT2D eigenvalue weighted by Crippen LogP contribution is 2.56. The van der Waals surface area contributed by atoms with Gasteiger partial charge in [0.25, 0.3) is 16.6 Å². The van der Waals surface area contributed by atoms with Gasteiger partial charge in [-0.25, -0.2) is 0 Å². The Hall–Kier alpha value is -2.81. The molecule has 1 heterocycles. The maximum atomic E-state index is 7.79. The SMILES string of the molecule is CC(C)(C)[Si](OC[C@H]1C[C@H]2C[C@@H]3C[C@@H]4O[C@@H]4C[C@@H]3C[C@H]2C[C@@H]1CO[Si](c1ccccc1)(c1ccccc1)C(C)(C)C)(c1ccccc1)c1ccccc1. The van der Waals surface area contributed by atoms with Gasteiger partial charge in [0, 0.05) is 13.2 Å². The van der Waals surface area contributed by atoms with E-state index in [2.05, 4.69) is 163 Å². The summed E-state index contributed by atoms with van der Waals surface area (Å²) in [6.45, 7) is 16.1. The van der Waals surface area contributed by atoms with Crippen molar-refractivity contribution in [3.05, 3.63) is 121 Å². The van der Waals surface area contributed by atoms with E-state index in [1.807, 2.05) is 0 Å². The number of fused-ring (bicyclic) bond motifs is 3. The summed E-state index contributed by atoms with van der Waals surface area (Å²) in [4.78, 5) is 0. The molecule has 53 heavy (non-hydrogen) atoms. The van der Waals surface area contributed by atoms with Crippen LogP contribution in [0.2, 0.25) is 10.1 Å². The molecule has 3 saturated carbocycles. The smallest absolute Gasteiger partial charge is 0.261 e. The number of benzene rings is 4. The summed E-state index contributed by atoms with van der Waals surface area (Å²) in [6.07, 6.45) is 8.94. The maximum Gasteiger partial charge on any atom is 0.261 e. The zero-order chi connectivity index (χ0) is 36.8. The first-order chi connectivity index (χ1) is 25.5. The Morgan fingerprint density at radius 2 is 0.717 bits per heavy atom. The van der Waals surface area contributed by atoms with Gasteiger partial charge in [-0.15, -0.1) is 0 Å². The van der Waals surface area contributed by atoms with E-state index >= 15 is 0 Å². The summed E-state index contributed by atoms with van der Waals surface area (Å²) < 4.78 is 21.7. The topological polar surface area (TPSA) is 31.0 Å². The third-order valence-corrected chi connectivity index (χ3v) is 24.1. The minimum absolute atomic E-state index is 0.0468. The van der Waals surface area contributed by atoms with Crippen LogP contribution in [0.3, 0.4) is 0 Å². The van der Waals surface area contributed by atoms with Gasteiger partial charge >= 0.3 is 0 Å². The fraction of sp³-hybridized carbons (Fsp3) is 0.500. The van der Waals surface area contributed by atoms with Gasteiger partial charge in [0.15, 0.2) is 0 Å². The number of hydrogen-bond donors (Lipinski definition) is 0. The third kappa shape index (κ3) is 6.99. The molecule has 4 fully saturated rings. The van der Waals surface area contributed by atoms with Gasteiger partial charge < -0.3 is 13.6 Å². The summed E-state index contributed by atoms with van der Waals surface area (Å²) in [5.41, 5.74) is 0. The van der Waals surface area contributed by atoms with Crippen molar-refractivity contribution in [2.24, 2.45) is 35.5 Å². The Morgan fingerprint density at radius 1 is 0.434 bits per heavy atom. The van der Waals surface area contributed by atoms with Crippen LogP contribution in [0, 0.1) is 35.5 Å². The Labute approximate surface area is 322 Å². The van der Waals surface area contributed by atoms with Crippen molar-refractivity contribution in [1.29, 1.82) is 0 Å². The molecule has 8 atom stereocenters. The molecule has 1 saturated heterocycles. The van der Waals surface area contributed by atoms with Crippen LogP contribution in [0.25, 0.3) is 0 Å². The lowest BCUT2D eigenvalue weighted by atomic mass is 9.56. The van der Waals surface area contributed by atoms with Crippen LogP contribution in [0.1, 0.15) is 80.1 Å². The van der Waals surface area contributed by atoms with Gasteiger partial charge in [0.1, 0.15) is 0 Å². The highest BCUT2D eigenvalue weighted by atomic mass is 28.4. The monoisotopic (exact) mass is 742 g/mol. The molecule has 3 aliphatic carbocycles. The van der Waals surface area contributed by atoms with Crippen molar-refractivity contribution in [3.63, 3.8) is 0 Å². The van der Waals surface area contributed by atoms with Crippen molar-refractivity contribution >= 4 is 37.4 Å². The minimum atomic E-state index is -2.68. The second-order valence-corrected chi connectivity index (χ2v) is 27.7. The van der Waals surface area contributed by atoms with E-state index < -0.39 is 16.6 Å². The van der Waals surface area contributed by atoms with Crippen molar-refractivity contribution in [1.82, 2.24) is 0 Å². The van der Waals surface area contributed by atoms with E-state index in [4.69, 9.17) is 13.6 Å². The van der Waals surface area contributed by atoms with Crippen molar-refractivity contribution in [2.45, 2.75) is 102 Å². The standard InChI is InChI=1S/C48H62O3Si2/c1-47(2,3)52(41-19-11-7-12-20-41,42-21-13-8-14-22-42)49-33-39-29-35-27-37-31-45-46(51-45)32-38(37)28-36(35)30-40(39)34-50-53(48(4,5)6,43-23-15-9-16-24-43)44-25-17-10-18-26-44/h7-26,35-40,45-46H,27-34H2,1-6H3/t35-,36+,37-,38+,39-,40-,45+,46-/m1/s1. The predicted molar refractivity (Wildman–Crippen MR) is 224 cm³/mol. The quantitative estimate of drug-likeness (QED) is 0.120. The van der Waals surface area contributed by atoms with E-state index in [9.17, 15) is 0 Å². The molecule has 0 aromatic heterocycles. The second-order valence-electron chi connectivity index (χ2n) is 19.1. The Morgan fingerprint density at radius 3 is 1.00 bits per heavy atom. The summed E-state index contributed by atoms with van der Waals surface area (Å²) in [7, 11) is -5.36. The third-order valence-electron chi connectivity index (χ3n) is 14.0. The molecule has 1 aliphatic heterocycles. The largest absolute Gasteiger partial charge is 0.407 e. The van der Waals surface area contributed by atoms with Crippen molar-refractivity contribution in [3.8, 4) is 0 Å². The fourth-order valence-electron chi connectivity index (χ4n) is 11.5. The summed E-state index contributed by atoms with van der Waals surface area (Å²) in [5, 5.41) is 5.38. The first-order valence-electron chi connectivity index (χ1n) is 20.6. The Kier molecular flexibility index (Phi) is 10.3. The zero-order valence-corrected chi connectivity index (χ0v) is 35.0. The molecule has 4 aromatic carbocycles. The number of hydrogen-bond acceptors (Lipinski definition) is 3. The highest BCUT2D eigenvalue weighted by Gasteiger charge is 2.55. The molecule has 0 bridgehead atoms. The molecule has 3 nitrogen and oxygen atoms in total. The highest BCUT2D eigenvalue weighted by molar-refractivity contribution is 7.00. The molecule has 4 aliphatic rings. The zero-order valence-electron chi connectivity index (χ0n) is 33.0. The van der Waals surface area contributed by atoms with Crippen LogP contribution in [0.5, 0.6) is 0 Å². The van der Waals surface area contributed by atoms with E-state index in [0.717, 1.165) is 36.9 Å². The van der Waals surface area contributed by atoms with E-state index in [1.165, 1.54) is 59.3 Å². The van der Waals surface area contributed by atoms with E-state index in [-0.39, 0.29) is 10.1 Å². The Balaban J connectivity index is 1.15. The molecule has 8 rings (SSSR count). The number of epoxide rings is 1. The molecular weight excluding hydrogens is 681 g/mol. The van der Waals surface area contributed by atoms with Crippen LogP contribution in [-0.2, 0) is 13.6 Å².